The number of benzene rings is 1. The zero-order chi connectivity index (χ0) is 19.5. The smallest absolute Gasteiger partial charge is 0.248 e. The van der Waals surface area contributed by atoms with E-state index >= 15 is 0 Å². The molecule has 28 heavy (non-hydrogen) atoms. The van der Waals surface area contributed by atoms with Gasteiger partial charge in [0.2, 0.25) is 11.8 Å². The number of likely N-dealkylation sites (tertiary alicyclic amines) is 1. The van der Waals surface area contributed by atoms with E-state index in [1.165, 1.54) is 10.9 Å². The summed E-state index contributed by atoms with van der Waals surface area (Å²) in [4.78, 5) is 33.2. The standard InChI is InChI=1S/C21H26N4O3/c1-24-12-21(7-8-21)10-15(19(26)23-28)18(24)20(27)25-9-6-14-13-4-2-3-5-16(13)22-17(14)11-25/h2-5,15,18,22,28H,6-12H2,1H3,(H,23,26). The molecule has 7 nitrogen and oxygen atoms in total. The number of piperidine rings is 1. The average Bonchev–Trinajstić information content (AvgIpc) is 3.33. The van der Waals surface area contributed by atoms with Crippen molar-refractivity contribution in [3.8, 4) is 0 Å². The Labute approximate surface area is 163 Å². The normalized spacial score (nSPS) is 26.3. The van der Waals surface area contributed by atoms with Crippen LogP contribution < -0.4 is 5.48 Å². The Bertz CT molecular complexity index is 948. The molecule has 2 atom stereocenters. The van der Waals surface area contributed by atoms with Crippen LogP contribution in [0.1, 0.15) is 30.5 Å². The maximum absolute atomic E-state index is 13.5. The molecule has 1 aliphatic carbocycles. The average molecular weight is 382 g/mol. The summed E-state index contributed by atoms with van der Waals surface area (Å²) < 4.78 is 0. The third-order valence-corrected chi connectivity index (χ3v) is 6.95. The first-order valence-electron chi connectivity index (χ1n) is 10.0. The van der Waals surface area contributed by atoms with Crippen LogP contribution in [-0.2, 0) is 22.6 Å². The van der Waals surface area contributed by atoms with Gasteiger partial charge in [0.1, 0.15) is 6.04 Å². The maximum Gasteiger partial charge on any atom is 0.248 e. The van der Waals surface area contributed by atoms with Crippen LogP contribution in [0.4, 0.5) is 0 Å². The summed E-state index contributed by atoms with van der Waals surface area (Å²) in [5.74, 6) is -0.974. The largest absolute Gasteiger partial charge is 0.357 e. The summed E-state index contributed by atoms with van der Waals surface area (Å²) in [7, 11) is 1.93. The van der Waals surface area contributed by atoms with E-state index in [1.54, 1.807) is 5.48 Å². The van der Waals surface area contributed by atoms with E-state index in [0.717, 1.165) is 37.0 Å². The molecule has 0 bridgehead atoms. The Balaban J connectivity index is 1.41. The summed E-state index contributed by atoms with van der Waals surface area (Å²) in [5, 5.41) is 10.5. The molecule has 148 valence electrons. The number of hydroxylamine groups is 1. The molecule has 1 aromatic carbocycles. The molecule has 2 aliphatic heterocycles. The van der Waals surface area contributed by atoms with Crippen LogP contribution in [0.25, 0.3) is 10.9 Å². The molecule has 1 aromatic heterocycles. The number of para-hydroxylation sites is 1. The highest BCUT2D eigenvalue weighted by atomic mass is 16.5. The molecule has 0 radical (unpaired) electrons. The molecule has 5 rings (SSSR count). The second kappa shape index (κ2) is 6.32. The van der Waals surface area contributed by atoms with Crippen molar-refractivity contribution in [2.24, 2.45) is 11.3 Å². The van der Waals surface area contributed by atoms with Gasteiger partial charge in [-0.2, -0.15) is 0 Å². The third kappa shape index (κ3) is 2.72. The van der Waals surface area contributed by atoms with Gasteiger partial charge in [-0.1, -0.05) is 18.2 Å². The number of fused-ring (bicyclic) bond motifs is 3. The highest BCUT2D eigenvalue weighted by molar-refractivity contribution is 5.91. The third-order valence-electron chi connectivity index (χ3n) is 6.95. The van der Waals surface area contributed by atoms with Gasteiger partial charge in [-0.3, -0.25) is 19.7 Å². The fourth-order valence-electron chi connectivity index (χ4n) is 5.36. The van der Waals surface area contributed by atoms with Gasteiger partial charge in [0, 0.05) is 29.7 Å². The van der Waals surface area contributed by atoms with Crippen LogP contribution in [-0.4, -0.2) is 58.0 Å². The molecule has 2 amide bonds. The predicted molar refractivity (Wildman–Crippen MR) is 104 cm³/mol. The van der Waals surface area contributed by atoms with Crippen molar-refractivity contribution in [2.75, 3.05) is 20.1 Å². The van der Waals surface area contributed by atoms with Crippen molar-refractivity contribution in [3.05, 3.63) is 35.5 Å². The van der Waals surface area contributed by atoms with E-state index in [-0.39, 0.29) is 11.3 Å². The van der Waals surface area contributed by atoms with Crippen molar-refractivity contribution in [1.82, 2.24) is 20.3 Å². The van der Waals surface area contributed by atoms with E-state index in [0.29, 0.717) is 19.5 Å². The number of nitrogens with one attached hydrogen (secondary N) is 2. The van der Waals surface area contributed by atoms with Gasteiger partial charge in [-0.15, -0.1) is 0 Å². The van der Waals surface area contributed by atoms with Crippen LogP contribution in [0.5, 0.6) is 0 Å². The Morgan fingerprint density at radius 2 is 2.07 bits per heavy atom. The number of carbonyl (C=O) groups excluding carboxylic acids is 2. The number of likely N-dealkylation sites (N-methyl/N-ethyl adjacent to an activating group) is 1. The SMILES string of the molecule is CN1CC2(CC2)CC(C(=O)NO)C1C(=O)N1CCc2c([nH]c3ccccc23)C1. The lowest BCUT2D eigenvalue weighted by molar-refractivity contribution is -0.151. The minimum atomic E-state index is -0.524. The van der Waals surface area contributed by atoms with Crippen molar-refractivity contribution < 1.29 is 14.8 Å². The first kappa shape index (κ1) is 17.7. The number of nitrogens with zero attached hydrogens (tertiary/aromatic N) is 2. The number of rotatable bonds is 2. The van der Waals surface area contributed by atoms with E-state index in [9.17, 15) is 14.8 Å². The molecular weight excluding hydrogens is 356 g/mol. The number of hydrogen-bond acceptors (Lipinski definition) is 4. The van der Waals surface area contributed by atoms with Gasteiger partial charge >= 0.3 is 0 Å². The first-order chi connectivity index (χ1) is 13.5. The Morgan fingerprint density at radius 1 is 1.29 bits per heavy atom. The van der Waals surface area contributed by atoms with E-state index in [2.05, 4.69) is 17.1 Å². The van der Waals surface area contributed by atoms with E-state index in [4.69, 9.17) is 0 Å². The number of H-pyrrole nitrogens is 1. The topological polar surface area (TPSA) is 88.7 Å². The molecule has 7 heteroatoms. The summed E-state index contributed by atoms with van der Waals surface area (Å²) in [6, 6.07) is 7.70. The van der Waals surface area contributed by atoms with Gasteiger partial charge in [0.15, 0.2) is 0 Å². The molecule has 1 saturated heterocycles. The monoisotopic (exact) mass is 382 g/mol. The number of hydrogen-bond donors (Lipinski definition) is 3. The lowest BCUT2D eigenvalue weighted by Crippen LogP contribution is -2.59. The second-order valence-corrected chi connectivity index (χ2v) is 8.78. The molecular formula is C21H26N4O3. The van der Waals surface area contributed by atoms with Crippen molar-refractivity contribution in [1.29, 1.82) is 0 Å². The fourth-order valence-corrected chi connectivity index (χ4v) is 5.36. The van der Waals surface area contributed by atoms with Crippen molar-refractivity contribution in [2.45, 2.75) is 38.3 Å². The van der Waals surface area contributed by atoms with Gasteiger partial charge in [-0.05, 0) is 49.8 Å². The number of amides is 2. The fraction of sp³-hybridized carbons (Fsp3) is 0.524. The highest BCUT2D eigenvalue weighted by Gasteiger charge is 2.55. The Morgan fingerprint density at radius 3 is 2.82 bits per heavy atom. The van der Waals surface area contributed by atoms with Gasteiger partial charge in [0.05, 0.1) is 12.5 Å². The molecule has 2 fully saturated rings. The van der Waals surface area contributed by atoms with E-state index in [1.807, 2.05) is 29.0 Å². The Hall–Kier alpha value is -2.38. The highest BCUT2D eigenvalue weighted by Crippen LogP contribution is 2.54. The molecule has 2 aromatic rings. The first-order valence-corrected chi connectivity index (χ1v) is 10.0. The maximum atomic E-state index is 13.5. The van der Waals surface area contributed by atoms with Crippen molar-refractivity contribution in [3.63, 3.8) is 0 Å². The second-order valence-electron chi connectivity index (χ2n) is 8.78. The molecule has 3 aliphatic rings. The number of aromatic nitrogens is 1. The molecule has 1 spiro atoms. The zero-order valence-electron chi connectivity index (χ0n) is 16.1. The lowest BCUT2D eigenvalue weighted by Gasteiger charge is -2.43. The van der Waals surface area contributed by atoms with Crippen LogP contribution in [0, 0.1) is 11.3 Å². The molecule has 3 heterocycles. The quantitative estimate of drug-likeness (QED) is 0.544. The van der Waals surface area contributed by atoms with E-state index < -0.39 is 17.9 Å². The van der Waals surface area contributed by atoms with Gasteiger partial charge in [-0.25, -0.2) is 5.48 Å². The lowest BCUT2D eigenvalue weighted by atomic mass is 9.80. The predicted octanol–water partition coefficient (Wildman–Crippen LogP) is 1.66. The van der Waals surface area contributed by atoms with Crippen LogP contribution >= 0.6 is 0 Å². The number of aromatic amines is 1. The molecule has 2 unspecified atom stereocenters. The summed E-state index contributed by atoms with van der Waals surface area (Å²) in [5.41, 5.74) is 5.42. The van der Waals surface area contributed by atoms with Crippen LogP contribution in [0.15, 0.2) is 24.3 Å². The summed E-state index contributed by atoms with van der Waals surface area (Å²) >= 11 is 0. The summed E-state index contributed by atoms with van der Waals surface area (Å²) in [6.07, 6.45) is 3.67. The molecule has 1 saturated carbocycles. The zero-order valence-corrected chi connectivity index (χ0v) is 16.1. The van der Waals surface area contributed by atoms with Crippen LogP contribution in [0.3, 0.4) is 0 Å². The minimum absolute atomic E-state index is 0.0177. The summed E-state index contributed by atoms with van der Waals surface area (Å²) in [6.45, 7) is 2.02. The van der Waals surface area contributed by atoms with Crippen LogP contribution in [0.2, 0.25) is 0 Å². The van der Waals surface area contributed by atoms with Crippen molar-refractivity contribution >= 4 is 22.7 Å². The molecule has 3 N–H and O–H groups in total. The Kier molecular flexibility index (Phi) is 4.00. The number of carbonyl (C=O) groups is 2. The minimum Gasteiger partial charge on any atom is -0.357 e. The van der Waals surface area contributed by atoms with Gasteiger partial charge in [0.25, 0.3) is 0 Å². The van der Waals surface area contributed by atoms with Gasteiger partial charge < -0.3 is 9.88 Å².